The van der Waals surface area contributed by atoms with Crippen LogP contribution in [0.25, 0.3) is 5.57 Å². The fourth-order valence-corrected chi connectivity index (χ4v) is 1.90. The van der Waals surface area contributed by atoms with Gasteiger partial charge in [0.1, 0.15) is 0 Å². The molecule has 1 aliphatic heterocycles. The minimum Gasteiger partial charge on any atom is -0.404 e. The van der Waals surface area contributed by atoms with Crippen LogP contribution in [0.4, 0.5) is 10.8 Å². The maximum atomic E-state index is 11.4. The number of urea groups is 1. The third kappa shape index (κ3) is 2.88. The highest BCUT2D eigenvalue weighted by molar-refractivity contribution is 6.05. The molecule has 2 aliphatic rings. The van der Waals surface area contributed by atoms with Gasteiger partial charge in [0.15, 0.2) is 6.04 Å². The molecule has 1 aromatic rings. The topological polar surface area (TPSA) is 123 Å². The van der Waals surface area contributed by atoms with Crippen molar-refractivity contribution in [3.05, 3.63) is 35.8 Å². The molecule has 1 atom stereocenters. The Labute approximate surface area is 125 Å². The van der Waals surface area contributed by atoms with Crippen LogP contribution in [-0.2, 0) is 4.79 Å². The summed E-state index contributed by atoms with van der Waals surface area (Å²) >= 11 is 0. The average molecular weight is 297 g/mol. The summed E-state index contributed by atoms with van der Waals surface area (Å²) in [6, 6.07) is -1.35. The minimum atomic E-state index is -0.820. The molecule has 1 aliphatic carbocycles. The molecule has 0 aromatic carbocycles. The Morgan fingerprint density at radius 1 is 1.32 bits per heavy atom. The third-order valence-electron chi connectivity index (χ3n) is 2.94. The molecule has 1 unspecified atom stereocenters. The summed E-state index contributed by atoms with van der Waals surface area (Å²) in [6.07, 6.45) is 7.85. The van der Waals surface area contributed by atoms with E-state index in [1.807, 2.05) is 12.2 Å². The number of carbonyl (C=O) groups is 2. The Hall–Kier alpha value is -3.34. The molecule has 1 fully saturated rings. The lowest BCUT2D eigenvalue weighted by Crippen LogP contribution is -2.26. The van der Waals surface area contributed by atoms with E-state index in [9.17, 15) is 9.59 Å². The Kier molecular flexibility index (Phi) is 3.45. The number of aromatic nitrogens is 2. The SMILES string of the molecule is Nc1nnc(C2=CC=C(C#CC3NC(=O)NC3=O)CC=C2)o1. The first-order valence-electron chi connectivity index (χ1n) is 6.41. The van der Waals surface area contributed by atoms with Crippen molar-refractivity contribution in [2.24, 2.45) is 0 Å². The number of hydrogen-bond acceptors (Lipinski definition) is 6. The zero-order valence-corrected chi connectivity index (χ0v) is 11.3. The van der Waals surface area contributed by atoms with Crippen molar-refractivity contribution >= 4 is 23.5 Å². The highest BCUT2D eigenvalue weighted by atomic mass is 16.4. The van der Waals surface area contributed by atoms with Crippen molar-refractivity contribution in [3.8, 4) is 11.8 Å². The van der Waals surface area contributed by atoms with Crippen LogP contribution in [0, 0.1) is 11.8 Å². The van der Waals surface area contributed by atoms with Gasteiger partial charge in [-0.1, -0.05) is 29.1 Å². The van der Waals surface area contributed by atoms with Crippen LogP contribution in [0.1, 0.15) is 12.3 Å². The van der Waals surface area contributed by atoms with E-state index < -0.39 is 18.0 Å². The number of carbonyl (C=O) groups excluding carboxylic acids is 2. The van der Waals surface area contributed by atoms with Crippen molar-refractivity contribution in [1.29, 1.82) is 0 Å². The van der Waals surface area contributed by atoms with E-state index in [1.165, 1.54) is 0 Å². The van der Waals surface area contributed by atoms with Gasteiger partial charge in [-0.2, -0.15) is 0 Å². The van der Waals surface area contributed by atoms with Crippen LogP contribution < -0.4 is 16.4 Å². The van der Waals surface area contributed by atoms with Gasteiger partial charge in [0, 0.05) is 11.1 Å². The van der Waals surface area contributed by atoms with Crippen molar-refractivity contribution in [1.82, 2.24) is 20.8 Å². The Balaban J connectivity index is 1.78. The smallest absolute Gasteiger partial charge is 0.322 e. The third-order valence-corrected chi connectivity index (χ3v) is 2.94. The van der Waals surface area contributed by atoms with Gasteiger partial charge in [0.25, 0.3) is 5.91 Å². The summed E-state index contributed by atoms with van der Waals surface area (Å²) in [7, 11) is 0. The number of nitrogens with zero attached hydrogens (tertiary/aromatic N) is 2. The number of hydrogen-bond donors (Lipinski definition) is 3. The zero-order valence-electron chi connectivity index (χ0n) is 11.3. The molecule has 0 radical (unpaired) electrons. The first-order valence-corrected chi connectivity index (χ1v) is 6.41. The first kappa shape index (κ1) is 13.6. The Bertz CT molecular complexity index is 791. The van der Waals surface area contributed by atoms with Gasteiger partial charge in [-0.05, 0) is 18.6 Å². The normalized spacial score (nSPS) is 20.3. The maximum absolute atomic E-state index is 11.4. The minimum absolute atomic E-state index is 0.000490. The van der Waals surface area contributed by atoms with Crippen LogP contribution in [0.15, 0.2) is 34.3 Å². The molecule has 1 aromatic heterocycles. The molecule has 8 heteroatoms. The standard InChI is InChI=1S/C14H11N5O3/c15-13-19-18-12(22-13)9-3-1-2-8(4-6-9)5-7-10-11(20)17-14(21)16-10/h1,3-4,6,10H,2H2,(H2,15,19)(H2,16,17,20,21). The van der Waals surface area contributed by atoms with E-state index in [1.54, 1.807) is 12.2 Å². The second-order valence-corrected chi connectivity index (χ2v) is 4.53. The van der Waals surface area contributed by atoms with Gasteiger partial charge in [-0.15, -0.1) is 5.10 Å². The van der Waals surface area contributed by atoms with E-state index in [0.717, 1.165) is 5.57 Å². The number of amides is 3. The summed E-state index contributed by atoms with van der Waals surface area (Å²) in [5, 5.41) is 11.9. The number of nitrogens with one attached hydrogen (secondary N) is 2. The van der Waals surface area contributed by atoms with Crippen molar-refractivity contribution < 1.29 is 14.0 Å². The lowest BCUT2D eigenvalue weighted by atomic mass is 10.1. The van der Waals surface area contributed by atoms with Crippen molar-refractivity contribution in [2.45, 2.75) is 12.5 Å². The molecular weight excluding hydrogens is 286 g/mol. The lowest BCUT2D eigenvalue weighted by Gasteiger charge is -1.95. The van der Waals surface area contributed by atoms with Crippen LogP contribution >= 0.6 is 0 Å². The molecule has 8 nitrogen and oxygen atoms in total. The van der Waals surface area contributed by atoms with E-state index in [2.05, 4.69) is 32.7 Å². The highest BCUT2D eigenvalue weighted by Crippen LogP contribution is 2.19. The van der Waals surface area contributed by atoms with Crippen LogP contribution in [0.5, 0.6) is 0 Å². The summed E-state index contributed by atoms with van der Waals surface area (Å²) in [5.74, 6) is 5.48. The second kappa shape index (κ2) is 5.57. The van der Waals surface area contributed by atoms with Gasteiger partial charge >= 0.3 is 12.0 Å². The van der Waals surface area contributed by atoms with Crippen molar-refractivity contribution in [2.75, 3.05) is 5.73 Å². The molecule has 2 heterocycles. The molecule has 0 spiro atoms. The van der Waals surface area contributed by atoms with Gasteiger partial charge in [-0.3, -0.25) is 10.1 Å². The summed E-state index contributed by atoms with van der Waals surface area (Å²) in [4.78, 5) is 22.4. The number of nitrogens with two attached hydrogens (primary N) is 1. The fourth-order valence-electron chi connectivity index (χ4n) is 1.90. The van der Waals surface area contributed by atoms with Gasteiger partial charge in [-0.25, -0.2) is 4.79 Å². The van der Waals surface area contributed by atoms with E-state index in [0.29, 0.717) is 17.9 Å². The van der Waals surface area contributed by atoms with Crippen molar-refractivity contribution in [3.63, 3.8) is 0 Å². The average Bonchev–Trinajstić information content (AvgIpc) is 2.95. The largest absolute Gasteiger partial charge is 0.404 e. The van der Waals surface area contributed by atoms with E-state index in [4.69, 9.17) is 10.2 Å². The Morgan fingerprint density at radius 3 is 2.86 bits per heavy atom. The summed E-state index contributed by atoms with van der Waals surface area (Å²) in [6.45, 7) is 0. The molecule has 4 N–H and O–H groups in total. The quantitative estimate of drug-likeness (QED) is 0.500. The molecular formula is C14H11N5O3. The highest BCUT2D eigenvalue weighted by Gasteiger charge is 2.27. The summed E-state index contributed by atoms with van der Waals surface area (Å²) in [5.41, 5.74) is 6.89. The van der Waals surface area contributed by atoms with Gasteiger partial charge in [0.2, 0.25) is 5.89 Å². The van der Waals surface area contributed by atoms with E-state index >= 15 is 0 Å². The maximum Gasteiger partial charge on any atom is 0.322 e. The lowest BCUT2D eigenvalue weighted by molar-refractivity contribution is -0.119. The number of rotatable bonds is 1. The molecule has 3 rings (SSSR count). The molecule has 22 heavy (non-hydrogen) atoms. The number of nitrogen functional groups attached to an aromatic ring is 1. The predicted molar refractivity (Wildman–Crippen MR) is 76.8 cm³/mol. The number of imide groups is 1. The van der Waals surface area contributed by atoms with Gasteiger partial charge in [0.05, 0.1) is 0 Å². The van der Waals surface area contributed by atoms with Crippen LogP contribution in [-0.4, -0.2) is 28.2 Å². The molecule has 0 bridgehead atoms. The molecule has 110 valence electrons. The van der Waals surface area contributed by atoms with Crippen LogP contribution in [0.2, 0.25) is 0 Å². The van der Waals surface area contributed by atoms with Crippen LogP contribution in [0.3, 0.4) is 0 Å². The first-order chi connectivity index (χ1) is 10.6. The second-order valence-electron chi connectivity index (χ2n) is 4.53. The fraction of sp³-hybridized carbons (Fsp3) is 0.143. The predicted octanol–water partition coefficient (Wildman–Crippen LogP) is 0.133. The monoisotopic (exact) mass is 297 g/mol. The Morgan fingerprint density at radius 2 is 2.18 bits per heavy atom. The van der Waals surface area contributed by atoms with E-state index in [-0.39, 0.29) is 6.01 Å². The number of allylic oxidation sites excluding steroid dienone is 6. The molecule has 3 amide bonds. The summed E-state index contributed by atoms with van der Waals surface area (Å²) < 4.78 is 5.15. The van der Waals surface area contributed by atoms with Gasteiger partial charge < -0.3 is 15.5 Å². The zero-order chi connectivity index (χ0) is 15.5. The molecule has 0 saturated carbocycles. The molecule has 1 saturated heterocycles. The number of anilines is 1.